The lowest BCUT2D eigenvalue weighted by Gasteiger charge is -2.44. The van der Waals surface area contributed by atoms with Gasteiger partial charge in [-0.1, -0.05) is 0 Å². The summed E-state index contributed by atoms with van der Waals surface area (Å²) in [6, 6.07) is 0. The van der Waals surface area contributed by atoms with E-state index < -0.39 is 112 Å². The minimum atomic E-state index is -2.36. The Hall–Kier alpha value is -0.640. The molecule has 0 unspecified atom stereocenters. The van der Waals surface area contributed by atoms with Gasteiger partial charge in [-0.15, -0.1) is 0 Å². The highest BCUT2D eigenvalue weighted by atomic mass is 16.8. The number of rotatable bonds is 8. The van der Waals surface area contributed by atoms with Gasteiger partial charge in [0.15, 0.2) is 12.6 Å². The van der Waals surface area contributed by atoms with E-state index in [1.807, 2.05) is 0 Å². The summed E-state index contributed by atoms with van der Waals surface area (Å²) in [6.45, 7) is -3.14. The molecule has 16 nitrogen and oxygen atoms in total. The predicted molar refractivity (Wildman–Crippen MR) is 101 cm³/mol. The van der Waals surface area contributed by atoms with Crippen LogP contribution >= 0.6 is 0 Å². The number of aliphatic hydroxyl groups is 11. The smallest absolute Gasteiger partial charge is 0.224 e. The lowest BCUT2D eigenvalue weighted by molar-refractivity contribution is -0.388. The van der Waals surface area contributed by atoms with Gasteiger partial charge in [0.25, 0.3) is 0 Å². The summed E-state index contributed by atoms with van der Waals surface area (Å²) in [5.74, 6) is -2.36. The van der Waals surface area contributed by atoms with Gasteiger partial charge < -0.3 is 79.9 Å². The molecule has 3 aliphatic heterocycles. The number of hydrogen-bond acceptors (Lipinski definition) is 16. The molecule has 3 saturated heterocycles. The van der Waals surface area contributed by atoms with Gasteiger partial charge in [0, 0.05) is 0 Å². The molecule has 3 aliphatic rings. The lowest BCUT2D eigenvalue weighted by atomic mass is 9.98. The van der Waals surface area contributed by atoms with Gasteiger partial charge in [-0.25, -0.2) is 0 Å². The Labute approximate surface area is 192 Å². The van der Waals surface area contributed by atoms with Crippen molar-refractivity contribution in [1.82, 2.24) is 0 Å². The Morgan fingerprint density at radius 3 is 1.65 bits per heavy atom. The van der Waals surface area contributed by atoms with E-state index in [0.717, 1.165) is 0 Å². The van der Waals surface area contributed by atoms with Crippen LogP contribution in [-0.4, -0.2) is 168 Å². The minimum Gasteiger partial charge on any atom is -0.394 e. The molecular weight excluding hydrogens is 472 g/mol. The second kappa shape index (κ2) is 11.2. The molecule has 0 aromatic carbocycles. The Kier molecular flexibility index (Phi) is 9.18. The van der Waals surface area contributed by atoms with Crippen LogP contribution in [0.2, 0.25) is 0 Å². The molecule has 3 rings (SSSR count). The van der Waals surface area contributed by atoms with Crippen LogP contribution in [-0.2, 0) is 23.7 Å². The molecule has 0 amide bonds. The van der Waals surface area contributed by atoms with Crippen molar-refractivity contribution in [2.45, 2.75) is 85.5 Å². The number of hydrogen-bond donors (Lipinski definition) is 11. The van der Waals surface area contributed by atoms with E-state index in [2.05, 4.69) is 0 Å². The summed E-state index contributed by atoms with van der Waals surface area (Å²) in [5, 5.41) is 109. The maximum absolute atomic E-state index is 10.3. The third kappa shape index (κ3) is 5.09. The average Bonchev–Trinajstić information content (AvgIpc) is 3.08. The van der Waals surface area contributed by atoms with Crippen molar-refractivity contribution in [2.24, 2.45) is 0 Å². The molecule has 0 aromatic heterocycles. The summed E-state index contributed by atoms with van der Waals surface area (Å²) < 4.78 is 26.4. The summed E-state index contributed by atoms with van der Waals surface area (Å²) in [7, 11) is 0. The van der Waals surface area contributed by atoms with Crippen molar-refractivity contribution < 1.29 is 79.9 Å². The zero-order valence-corrected chi connectivity index (χ0v) is 17.8. The Bertz CT molecular complexity index is 653. The Balaban J connectivity index is 1.69. The van der Waals surface area contributed by atoms with Crippen molar-refractivity contribution >= 4 is 0 Å². The first-order valence-corrected chi connectivity index (χ1v) is 10.6. The highest BCUT2D eigenvalue weighted by Crippen LogP contribution is 2.36. The summed E-state index contributed by atoms with van der Waals surface area (Å²) in [6.07, 6.45) is -21.8. The van der Waals surface area contributed by atoms with Crippen molar-refractivity contribution in [3.8, 4) is 0 Å². The second-order valence-electron chi connectivity index (χ2n) is 8.41. The molecule has 0 aromatic rings. The topological polar surface area (TPSA) is 269 Å². The van der Waals surface area contributed by atoms with Crippen LogP contribution in [0.3, 0.4) is 0 Å². The van der Waals surface area contributed by atoms with Gasteiger partial charge in [-0.3, -0.25) is 0 Å². The first-order chi connectivity index (χ1) is 16.0. The molecule has 0 saturated carbocycles. The van der Waals surface area contributed by atoms with Gasteiger partial charge in [0.2, 0.25) is 5.79 Å². The van der Waals surface area contributed by atoms with Gasteiger partial charge in [0.1, 0.15) is 73.8 Å². The highest BCUT2D eigenvalue weighted by Gasteiger charge is 2.58. The van der Waals surface area contributed by atoms with Crippen LogP contribution in [0.1, 0.15) is 0 Å². The van der Waals surface area contributed by atoms with Crippen LogP contribution in [0.4, 0.5) is 0 Å². The molecule has 16 heteroatoms. The minimum absolute atomic E-state index is 0.634. The third-order valence-corrected chi connectivity index (χ3v) is 6.16. The van der Waals surface area contributed by atoms with E-state index in [1.165, 1.54) is 0 Å². The quantitative estimate of drug-likeness (QED) is 0.146. The first-order valence-electron chi connectivity index (χ1n) is 10.6. The van der Waals surface area contributed by atoms with E-state index >= 15 is 0 Å². The Morgan fingerprint density at radius 2 is 1.12 bits per heavy atom. The zero-order chi connectivity index (χ0) is 25.4. The van der Waals surface area contributed by atoms with Crippen LogP contribution in [0.25, 0.3) is 0 Å². The Morgan fingerprint density at radius 1 is 0.588 bits per heavy atom. The summed E-state index contributed by atoms with van der Waals surface area (Å²) in [5.41, 5.74) is 0. The molecule has 3 fully saturated rings. The normalized spacial score (nSPS) is 52.1. The SMILES string of the molecule is OC[C@@H]1O[C@H](OC[C@@H]2O[C@@H](O[C@]3(CO)O[C@H](CO)[C@@H](O)[C@H]3O)[C@@H](O)[C@@H](O)[C@H]2O)[C@@H](O)[C@H](O)[C@H]1O. The lowest BCUT2D eigenvalue weighted by Crippen LogP contribution is -2.63. The largest absolute Gasteiger partial charge is 0.394 e. The van der Waals surface area contributed by atoms with Gasteiger partial charge in [-0.05, 0) is 0 Å². The van der Waals surface area contributed by atoms with E-state index in [-0.39, 0.29) is 0 Å². The maximum atomic E-state index is 10.3. The van der Waals surface area contributed by atoms with E-state index in [9.17, 15) is 56.2 Å². The van der Waals surface area contributed by atoms with Crippen molar-refractivity contribution in [2.75, 3.05) is 26.4 Å². The fraction of sp³-hybridized carbons (Fsp3) is 1.00. The van der Waals surface area contributed by atoms with Crippen molar-refractivity contribution in [3.63, 3.8) is 0 Å². The fourth-order valence-corrected chi connectivity index (χ4v) is 4.01. The molecule has 0 radical (unpaired) electrons. The summed E-state index contributed by atoms with van der Waals surface area (Å²) in [4.78, 5) is 0. The molecule has 0 bridgehead atoms. The second-order valence-corrected chi connectivity index (χ2v) is 8.41. The van der Waals surface area contributed by atoms with Crippen molar-refractivity contribution in [1.29, 1.82) is 0 Å². The molecule has 14 atom stereocenters. The molecule has 0 spiro atoms. The molecule has 3 heterocycles. The highest BCUT2D eigenvalue weighted by molar-refractivity contribution is 4.98. The average molecular weight is 504 g/mol. The van der Waals surface area contributed by atoms with Gasteiger partial charge in [-0.2, -0.15) is 0 Å². The molecule has 0 aliphatic carbocycles. The van der Waals surface area contributed by atoms with Crippen LogP contribution in [0.15, 0.2) is 0 Å². The first kappa shape index (κ1) is 27.9. The standard InChI is InChI=1S/C18H32O16/c19-1-5-8(22)11(25)13(27)16(31-5)30-3-7-9(23)12(26)14(28)17(32-7)34-18(4-21)15(29)10(24)6(2-20)33-18/h5-17,19-29H,1-4H2/t5-,6+,7-,8-,9-,10+,11+,12-,13-,14-,15+,16-,17-,18-/m0/s1. The van der Waals surface area contributed by atoms with E-state index in [1.54, 1.807) is 0 Å². The molecule has 200 valence electrons. The maximum Gasteiger partial charge on any atom is 0.224 e. The van der Waals surface area contributed by atoms with Gasteiger partial charge in [0.05, 0.1) is 19.8 Å². The molecule has 34 heavy (non-hydrogen) atoms. The van der Waals surface area contributed by atoms with Crippen LogP contribution in [0, 0.1) is 0 Å². The predicted octanol–water partition coefficient (Wildman–Crippen LogP) is -7.57. The molecular formula is C18H32O16. The number of aliphatic hydroxyl groups excluding tert-OH is 11. The zero-order valence-electron chi connectivity index (χ0n) is 17.8. The van der Waals surface area contributed by atoms with Crippen molar-refractivity contribution in [3.05, 3.63) is 0 Å². The fourth-order valence-electron chi connectivity index (χ4n) is 4.01. The summed E-state index contributed by atoms with van der Waals surface area (Å²) >= 11 is 0. The monoisotopic (exact) mass is 504 g/mol. The van der Waals surface area contributed by atoms with Crippen LogP contribution in [0.5, 0.6) is 0 Å². The number of ether oxygens (including phenoxy) is 5. The third-order valence-electron chi connectivity index (χ3n) is 6.16. The van der Waals surface area contributed by atoms with Crippen LogP contribution < -0.4 is 0 Å². The molecule has 11 N–H and O–H groups in total. The van der Waals surface area contributed by atoms with Gasteiger partial charge >= 0.3 is 0 Å². The van der Waals surface area contributed by atoms with E-state index in [4.69, 9.17) is 23.7 Å². The van der Waals surface area contributed by atoms with E-state index in [0.29, 0.717) is 0 Å².